The van der Waals surface area contributed by atoms with Crippen LogP contribution in [0.2, 0.25) is 0 Å². The molecule has 31 heavy (non-hydrogen) atoms. The molecule has 4 rings (SSSR count). The van der Waals surface area contributed by atoms with E-state index in [0.29, 0.717) is 11.5 Å². The molecule has 4 nitrogen and oxygen atoms in total. The Morgan fingerprint density at radius 2 is 1.71 bits per heavy atom. The van der Waals surface area contributed by atoms with E-state index in [2.05, 4.69) is 35.3 Å². The lowest BCUT2D eigenvalue weighted by molar-refractivity contribution is 0.409. The maximum absolute atomic E-state index is 11.1. The maximum Gasteiger partial charge on any atom is 0.130 e. The summed E-state index contributed by atoms with van der Waals surface area (Å²) in [5.74, 6) is 1.01. The molecule has 3 aromatic carbocycles. The van der Waals surface area contributed by atoms with Gasteiger partial charge >= 0.3 is 0 Å². The standard InChI is InChI=1S/C27H32N2O2/c1-3-21-19-20(10-13-24(21)29-17-15-28-16-18-29)9-11-23-12-14-25(31-2)26(27(23)30)22-7-5-4-6-8-22/h4-8,10,12-14,19,28,30H,3,9,11,15-18H2,1-2H3. The molecule has 0 bridgehead atoms. The molecule has 0 spiro atoms. The minimum atomic E-state index is 0.318. The van der Waals surface area contributed by atoms with Crippen LogP contribution in [0, 0.1) is 0 Å². The Labute approximate surface area is 185 Å². The van der Waals surface area contributed by atoms with Crippen molar-refractivity contribution in [1.82, 2.24) is 5.32 Å². The van der Waals surface area contributed by atoms with Gasteiger partial charge in [-0.3, -0.25) is 0 Å². The summed E-state index contributed by atoms with van der Waals surface area (Å²) in [6.07, 6.45) is 2.70. The molecule has 0 radical (unpaired) electrons. The Hall–Kier alpha value is -2.98. The molecular formula is C27H32N2O2. The first-order valence-corrected chi connectivity index (χ1v) is 11.2. The molecule has 2 N–H and O–H groups in total. The number of hydrogen-bond acceptors (Lipinski definition) is 4. The number of benzene rings is 3. The van der Waals surface area contributed by atoms with Crippen molar-refractivity contribution in [2.45, 2.75) is 26.2 Å². The van der Waals surface area contributed by atoms with Gasteiger partial charge in [-0.25, -0.2) is 0 Å². The van der Waals surface area contributed by atoms with E-state index < -0.39 is 0 Å². The van der Waals surface area contributed by atoms with Crippen LogP contribution in [0.25, 0.3) is 11.1 Å². The van der Waals surface area contributed by atoms with Crippen LogP contribution in [0.5, 0.6) is 11.5 Å². The number of nitrogens with one attached hydrogen (secondary N) is 1. The highest BCUT2D eigenvalue weighted by molar-refractivity contribution is 5.78. The van der Waals surface area contributed by atoms with Crippen molar-refractivity contribution in [2.24, 2.45) is 0 Å². The third-order valence-electron chi connectivity index (χ3n) is 6.17. The summed E-state index contributed by atoms with van der Waals surface area (Å²) in [5.41, 5.74) is 6.77. The van der Waals surface area contributed by atoms with Gasteiger partial charge in [0.2, 0.25) is 0 Å². The number of phenols is 1. The summed E-state index contributed by atoms with van der Waals surface area (Å²) in [6, 6.07) is 20.8. The van der Waals surface area contributed by atoms with E-state index in [0.717, 1.165) is 62.1 Å². The Morgan fingerprint density at radius 3 is 2.42 bits per heavy atom. The van der Waals surface area contributed by atoms with Gasteiger partial charge in [0, 0.05) is 31.9 Å². The number of ether oxygens (including phenoxy) is 1. The monoisotopic (exact) mass is 416 g/mol. The number of nitrogens with zero attached hydrogens (tertiary/aromatic N) is 1. The zero-order valence-electron chi connectivity index (χ0n) is 18.5. The number of phenolic OH excluding ortho intramolecular Hbond substituents is 1. The highest BCUT2D eigenvalue weighted by Crippen LogP contribution is 2.40. The van der Waals surface area contributed by atoms with Gasteiger partial charge < -0.3 is 20.1 Å². The molecule has 1 saturated heterocycles. The van der Waals surface area contributed by atoms with E-state index in [1.54, 1.807) is 7.11 Å². The van der Waals surface area contributed by atoms with E-state index in [4.69, 9.17) is 4.74 Å². The summed E-state index contributed by atoms with van der Waals surface area (Å²) in [4.78, 5) is 2.49. The number of hydrogen-bond donors (Lipinski definition) is 2. The Morgan fingerprint density at radius 1 is 0.935 bits per heavy atom. The van der Waals surface area contributed by atoms with Gasteiger partial charge in [-0.2, -0.15) is 0 Å². The quantitative estimate of drug-likeness (QED) is 0.579. The predicted molar refractivity (Wildman–Crippen MR) is 128 cm³/mol. The fourth-order valence-corrected chi connectivity index (χ4v) is 4.44. The van der Waals surface area contributed by atoms with Crippen LogP contribution in [0.3, 0.4) is 0 Å². The fraction of sp³-hybridized carbons (Fsp3) is 0.333. The molecule has 1 aliphatic rings. The molecule has 0 saturated carbocycles. The van der Waals surface area contributed by atoms with Gasteiger partial charge in [0.1, 0.15) is 11.5 Å². The minimum absolute atomic E-state index is 0.318. The van der Waals surface area contributed by atoms with E-state index in [1.165, 1.54) is 16.8 Å². The Bertz CT molecular complexity index is 1010. The first-order chi connectivity index (χ1) is 15.2. The third-order valence-corrected chi connectivity index (χ3v) is 6.17. The van der Waals surface area contributed by atoms with Crippen LogP contribution < -0.4 is 15.0 Å². The van der Waals surface area contributed by atoms with E-state index in [1.807, 2.05) is 42.5 Å². The second-order valence-electron chi connectivity index (χ2n) is 8.07. The van der Waals surface area contributed by atoms with Crippen LogP contribution in [0.4, 0.5) is 5.69 Å². The second kappa shape index (κ2) is 9.88. The van der Waals surface area contributed by atoms with Crippen molar-refractivity contribution in [2.75, 3.05) is 38.2 Å². The lowest BCUT2D eigenvalue weighted by Crippen LogP contribution is -2.43. The number of methoxy groups -OCH3 is 1. The SMILES string of the molecule is CCc1cc(CCc2ccc(OC)c(-c3ccccc3)c2O)ccc1N1CCNCC1. The molecule has 3 aromatic rings. The Kier molecular flexibility index (Phi) is 6.78. The van der Waals surface area contributed by atoms with Gasteiger partial charge in [0.05, 0.1) is 12.7 Å². The first-order valence-electron chi connectivity index (χ1n) is 11.2. The van der Waals surface area contributed by atoms with Crippen LogP contribution >= 0.6 is 0 Å². The van der Waals surface area contributed by atoms with Crippen LogP contribution in [-0.2, 0) is 19.3 Å². The number of anilines is 1. The molecule has 1 aliphatic heterocycles. The van der Waals surface area contributed by atoms with E-state index >= 15 is 0 Å². The van der Waals surface area contributed by atoms with Gasteiger partial charge in [-0.15, -0.1) is 0 Å². The summed E-state index contributed by atoms with van der Waals surface area (Å²) < 4.78 is 5.53. The lowest BCUT2D eigenvalue weighted by Gasteiger charge is -2.31. The molecule has 0 aliphatic carbocycles. The Balaban J connectivity index is 1.55. The van der Waals surface area contributed by atoms with Crippen molar-refractivity contribution in [3.05, 3.63) is 77.4 Å². The molecule has 1 heterocycles. The molecular weight excluding hydrogens is 384 g/mol. The summed E-state index contributed by atoms with van der Waals surface area (Å²) in [5, 5.41) is 14.5. The zero-order valence-corrected chi connectivity index (χ0v) is 18.5. The topological polar surface area (TPSA) is 44.7 Å². The largest absolute Gasteiger partial charge is 0.507 e. The number of aryl methyl sites for hydroxylation is 3. The minimum Gasteiger partial charge on any atom is -0.507 e. The van der Waals surface area contributed by atoms with Crippen LogP contribution in [0.15, 0.2) is 60.7 Å². The summed E-state index contributed by atoms with van der Waals surface area (Å²) >= 11 is 0. The van der Waals surface area contributed by atoms with Gasteiger partial charge in [0.25, 0.3) is 0 Å². The second-order valence-corrected chi connectivity index (χ2v) is 8.07. The number of piperazine rings is 1. The lowest BCUT2D eigenvalue weighted by atomic mass is 9.95. The van der Waals surface area contributed by atoms with E-state index in [-0.39, 0.29) is 0 Å². The van der Waals surface area contributed by atoms with Crippen LogP contribution in [0.1, 0.15) is 23.6 Å². The fourth-order valence-electron chi connectivity index (χ4n) is 4.44. The first kappa shape index (κ1) is 21.3. The normalized spacial score (nSPS) is 13.9. The van der Waals surface area contributed by atoms with Crippen molar-refractivity contribution >= 4 is 5.69 Å². The highest BCUT2D eigenvalue weighted by atomic mass is 16.5. The van der Waals surface area contributed by atoms with Gasteiger partial charge in [-0.05, 0) is 53.6 Å². The molecule has 0 unspecified atom stereocenters. The van der Waals surface area contributed by atoms with Crippen molar-refractivity contribution in [1.29, 1.82) is 0 Å². The average Bonchev–Trinajstić information content (AvgIpc) is 2.84. The predicted octanol–water partition coefficient (Wildman–Crippen LogP) is 4.83. The summed E-state index contributed by atoms with van der Waals surface area (Å²) in [6.45, 7) is 6.45. The summed E-state index contributed by atoms with van der Waals surface area (Å²) in [7, 11) is 1.65. The van der Waals surface area contributed by atoms with Crippen molar-refractivity contribution < 1.29 is 9.84 Å². The number of aromatic hydroxyl groups is 1. The maximum atomic E-state index is 11.1. The zero-order chi connectivity index (χ0) is 21.6. The van der Waals surface area contributed by atoms with Crippen molar-refractivity contribution in [3.8, 4) is 22.6 Å². The van der Waals surface area contributed by atoms with E-state index in [9.17, 15) is 5.11 Å². The molecule has 0 aromatic heterocycles. The third kappa shape index (κ3) is 4.70. The van der Waals surface area contributed by atoms with Gasteiger partial charge in [-0.1, -0.05) is 55.5 Å². The van der Waals surface area contributed by atoms with Crippen molar-refractivity contribution in [3.63, 3.8) is 0 Å². The highest BCUT2D eigenvalue weighted by Gasteiger charge is 2.16. The molecule has 4 heteroatoms. The van der Waals surface area contributed by atoms with Gasteiger partial charge in [0.15, 0.2) is 0 Å². The molecule has 162 valence electrons. The molecule has 1 fully saturated rings. The molecule has 0 atom stereocenters. The number of rotatable bonds is 7. The molecule has 0 amide bonds. The smallest absolute Gasteiger partial charge is 0.130 e. The van der Waals surface area contributed by atoms with Crippen LogP contribution in [-0.4, -0.2) is 38.4 Å². The average molecular weight is 417 g/mol.